The van der Waals surface area contributed by atoms with Crippen LogP contribution in [-0.4, -0.2) is 120 Å². The molecule has 4 saturated heterocycles. The van der Waals surface area contributed by atoms with Gasteiger partial charge in [-0.25, -0.2) is 0 Å². The van der Waals surface area contributed by atoms with Gasteiger partial charge in [-0.1, -0.05) is 27.7 Å². The van der Waals surface area contributed by atoms with Gasteiger partial charge < -0.3 is 53.8 Å². The molecule has 280 valence electrons. The largest absolute Gasteiger partial charge is 0.459 e. The molecule has 4 heterocycles. The SMILES string of the molecule is CC[C@H]1OC(=O)[C@H](C)[C@@H](O[C@H]2C[C@@](C)(OC)C[C@H](C)O2)[C@H](C)[C@@H](O[C@@H]2O[C@H](C)C[C@H](NC)[C@H]2O)[C@@]2(C)C[C@H](C)[C@H](O2)[C@H](C)[C@@H](O)[C@]1(C)O. The molecule has 4 aliphatic rings. The molecule has 4 rings (SSSR count). The molecule has 4 fully saturated rings. The van der Waals surface area contributed by atoms with Crippen LogP contribution < -0.4 is 5.32 Å². The number of carbonyl (C=O) groups excluding carboxylic acids is 1. The molecule has 0 aliphatic carbocycles. The number of fused-ring (bicyclic) bond motifs is 2. The van der Waals surface area contributed by atoms with Crippen LogP contribution in [0, 0.1) is 23.7 Å². The molecule has 4 N–H and O–H groups in total. The van der Waals surface area contributed by atoms with Gasteiger partial charge in [0.05, 0.1) is 53.7 Å². The number of cyclic esters (lactones) is 1. The first kappa shape index (κ1) is 39.8. The van der Waals surface area contributed by atoms with Crippen LogP contribution in [0.3, 0.4) is 0 Å². The maximum atomic E-state index is 14.1. The van der Waals surface area contributed by atoms with E-state index in [0.29, 0.717) is 25.7 Å². The summed E-state index contributed by atoms with van der Waals surface area (Å²) < 4.78 is 45.0. The Morgan fingerprint density at radius 3 is 2.21 bits per heavy atom. The summed E-state index contributed by atoms with van der Waals surface area (Å²) >= 11 is 0. The smallest absolute Gasteiger partial charge is 0.311 e. The van der Waals surface area contributed by atoms with Gasteiger partial charge in [0.2, 0.25) is 0 Å². The lowest BCUT2D eigenvalue weighted by atomic mass is 9.76. The van der Waals surface area contributed by atoms with Crippen molar-refractivity contribution in [1.29, 1.82) is 0 Å². The predicted molar refractivity (Wildman–Crippen MR) is 178 cm³/mol. The molecule has 0 unspecified atom stereocenters. The third-order valence-corrected chi connectivity index (χ3v) is 11.9. The molecule has 0 aromatic carbocycles. The summed E-state index contributed by atoms with van der Waals surface area (Å²) in [7, 11) is 3.48. The standard InChI is InChI=1S/C36H65NO11/c1-13-25-36(10,41)30(39)21(5)28-18(2)15-35(9,48-28)31(47-33-27(38)24(37-11)14-19(3)44-33)22(6)29(23(7)32(40)45-25)46-26-17-34(8,42-12)16-20(4)43-26/h18-31,33,37-39,41H,13-17H2,1-12H3/t18-,19+,20-,21-,22-,23+,24-,25+,26-,27+,28-,29-,30+,31+,33-,34-,35+,36+/m0/s1. The lowest BCUT2D eigenvalue weighted by Gasteiger charge is -2.47. The fourth-order valence-corrected chi connectivity index (χ4v) is 9.05. The Morgan fingerprint density at radius 2 is 1.60 bits per heavy atom. The fourth-order valence-electron chi connectivity index (χ4n) is 9.05. The highest BCUT2D eigenvalue weighted by Gasteiger charge is 2.57. The monoisotopic (exact) mass is 687 g/mol. The van der Waals surface area contributed by atoms with E-state index < -0.39 is 89.7 Å². The molecule has 4 aliphatic heterocycles. The van der Waals surface area contributed by atoms with Gasteiger partial charge in [-0.3, -0.25) is 4.79 Å². The Kier molecular flexibility index (Phi) is 12.7. The first-order valence-electron chi connectivity index (χ1n) is 18.1. The second-order valence-electron chi connectivity index (χ2n) is 16.1. The number of aliphatic hydroxyl groups is 3. The summed E-state index contributed by atoms with van der Waals surface area (Å²) in [5.74, 6) is -2.47. The number of hydrogen-bond donors (Lipinski definition) is 4. The van der Waals surface area contributed by atoms with E-state index in [1.807, 2.05) is 48.5 Å². The van der Waals surface area contributed by atoms with Crippen molar-refractivity contribution in [3.8, 4) is 0 Å². The zero-order valence-electron chi connectivity index (χ0n) is 31.3. The van der Waals surface area contributed by atoms with E-state index in [2.05, 4.69) is 12.2 Å². The van der Waals surface area contributed by atoms with Crippen molar-refractivity contribution >= 4 is 5.97 Å². The van der Waals surface area contributed by atoms with Crippen LogP contribution in [0.1, 0.15) is 101 Å². The van der Waals surface area contributed by atoms with E-state index in [4.69, 9.17) is 33.2 Å². The zero-order chi connectivity index (χ0) is 35.9. The minimum atomic E-state index is -1.75. The van der Waals surface area contributed by atoms with Crippen molar-refractivity contribution < 1.29 is 53.3 Å². The van der Waals surface area contributed by atoms with E-state index in [-0.39, 0.29) is 30.6 Å². The number of methoxy groups -OCH3 is 1. The number of esters is 1. The van der Waals surface area contributed by atoms with Gasteiger partial charge in [0.15, 0.2) is 12.6 Å². The van der Waals surface area contributed by atoms with Crippen molar-refractivity contribution in [2.75, 3.05) is 14.2 Å². The molecule has 12 nitrogen and oxygen atoms in total. The fraction of sp³-hybridized carbons (Fsp3) is 0.972. The van der Waals surface area contributed by atoms with Crippen LogP contribution in [0.4, 0.5) is 0 Å². The number of aliphatic hydroxyl groups excluding tert-OH is 2. The summed E-state index contributed by atoms with van der Waals surface area (Å²) in [5.41, 5.74) is -3.19. The lowest BCUT2D eigenvalue weighted by molar-refractivity contribution is -0.308. The number of carbonyl (C=O) groups is 1. The summed E-state index contributed by atoms with van der Waals surface area (Å²) in [5, 5.41) is 38.0. The number of likely N-dealkylation sites (N-methyl/N-ethyl adjacent to an activating group) is 1. The number of hydrogen-bond acceptors (Lipinski definition) is 12. The van der Waals surface area contributed by atoms with Gasteiger partial charge in [0.1, 0.15) is 17.8 Å². The molecule has 0 saturated carbocycles. The minimum absolute atomic E-state index is 0.0257. The average Bonchev–Trinajstić information content (AvgIpc) is 3.34. The van der Waals surface area contributed by atoms with Gasteiger partial charge in [0.25, 0.3) is 0 Å². The van der Waals surface area contributed by atoms with Gasteiger partial charge in [-0.05, 0) is 73.8 Å². The Morgan fingerprint density at radius 1 is 0.938 bits per heavy atom. The van der Waals surface area contributed by atoms with Crippen molar-refractivity contribution in [2.45, 2.75) is 186 Å². The summed E-state index contributed by atoms with van der Waals surface area (Å²) in [6.07, 6.45) is -4.62. The Bertz CT molecular complexity index is 1080. The third-order valence-electron chi connectivity index (χ3n) is 11.9. The van der Waals surface area contributed by atoms with E-state index in [1.165, 1.54) is 6.92 Å². The molecule has 48 heavy (non-hydrogen) atoms. The van der Waals surface area contributed by atoms with Gasteiger partial charge in [0, 0.05) is 37.8 Å². The van der Waals surface area contributed by atoms with E-state index in [1.54, 1.807) is 21.1 Å². The van der Waals surface area contributed by atoms with Crippen molar-refractivity contribution in [1.82, 2.24) is 5.32 Å². The Hall–Kier alpha value is -0.930. The third kappa shape index (κ3) is 8.08. The molecule has 0 radical (unpaired) electrons. The van der Waals surface area contributed by atoms with Crippen LogP contribution in [0.25, 0.3) is 0 Å². The number of nitrogens with one attached hydrogen (secondary N) is 1. The number of rotatable bonds is 7. The molecule has 0 aromatic rings. The average molecular weight is 688 g/mol. The molecule has 18 atom stereocenters. The highest BCUT2D eigenvalue weighted by molar-refractivity contribution is 5.73. The van der Waals surface area contributed by atoms with Crippen LogP contribution in [0.5, 0.6) is 0 Å². The van der Waals surface area contributed by atoms with E-state index in [0.717, 1.165) is 0 Å². The van der Waals surface area contributed by atoms with Crippen LogP contribution >= 0.6 is 0 Å². The molecule has 2 bridgehead atoms. The summed E-state index contributed by atoms with van der Waals surface area (Å²) in [6.45, 7) is 18.9. The normalized spacial score (nSPS) is 52.6. The van der Waals surface area contributed by atoms with Crippen molar-refractivity contribution in [3.63, 3.8) is 0 Å². The van der Waals surface area contributed by atoms with Gasteiger partial charge in [-0.15, -0.1) is 0 Å². The van der Waals surface area contributed by atoms with Crippen LogP contribution in [0.2, 0.25) is 0 Å². The Balaban J connectivity index is 1.82. The van der Waals surface area contributed by atoms with Crippen molar-refractivity contribution in [2.24, 2.45) is 23.7 Å². The molecule has 0 aromatic heterocycles. The van der Waals surface area contributed by atoms with Gasteiger partial charge >= 0.3 is 5.97 Å². The topological polar surface area (TPSA) is 154 Å². The maximum absolute atomic E-state index is 14.1. The number of ether oxygens (including phenoxy) is 7. The maximum Gasteiger partial charge on any atom is 0.311 e. The van der Waals surface area contributed by atoms with E-state index >= 15 is 0 Å². The molecule has 12 heteroatoms. The molecule has 0 amide bonds. The summed E-state index contributed by atoms with van der Waals surface area (Å²) in [6, 6.07) is -0.249. The minimum Gasteiger partial charge on any atom is -0.459 e. The second kappa shape index (κ2) is 15.4. The van der Waals surface area contributed by atoms with Crippen LogP contribution in [0.15, 0.2) is 0 Å². The second-order valence-corrected chi connectivity index (χ2v) is 16.1. The molecule has 0 spiro atoms. The zero-order valence-corrected chi connectivity index (χ0v) is 31.3. The van der Waals surface area contributed by atoms with Crippen molar-refractivity contribution in [3.05, 3.63) is 0 Å². The quantitative estimate of drug-likeness (QED) is 0.291. The first-order valence-corrected chi connectivity index (χ1v) is 18.1. The van der Waals surface area contributed by atoms with Gasteiger partial charge in [-0.2, -0.15) is 0 Å². The first-order chi connectivity index (χ1) is 22.3. The van der Waals surface area contributed by atoms with E-state index in [9.17, 15) is 20.1 Å². The highest BCUT2D eigenvalue weighted by Crippen LogP contribution is 2.47. The summed E-state index contributed by atoms with van der Waals surface area (Å²) in [4.78, 5) is 14.1. The van der Waals surface area contributed by atoms with Crippen LogP contribution in [-0.2, 0) is 38.0 Å². The predicted octanol–water partition coefficient (Wildman–Crippen LogP) is 3.31. The highest BCUT2D eigenvalue weighted by atomic mass is 16.7. The molecular weight excluding hydrogens is 622 g/mol. The lowest BCUT2D eigenvalue weighted by Crippen LogP contribution is -2.59. The molecular formula is C36H65NO11. The Labute approximate surface area is 287 Å².